The second-order valence-corrected chi connectivity index (χ2v) is 7.84. The minimum Gasteiger partial charge on any atom is -0.339 e. The summed E-state index contributed by atoms with van der Waals surface area (Å²) >= 11 is 1.48. The molecule has 25 heavy (non-hydrogen) atoms. The molecular weight excluding hydrogens is 338 g/mol. The van der Waals surface area contributed by atoms with E-state index < -0.39 is 0 Å². The molecule has 3 amide bonds. The third kappa shape index (κ3) is 4.15. The van der Waals surface area contributed by atoms with Crippen LogP contribution in [0.3, 0.4) is 0 Å². The molecule has 1 N–H and O–H groups in total. The van der Waals surface area contributed by atoms with Crippen molar-refractivity contribution in [2.75, 3.05) is 37.2 Å². The first-order valence-corrected chi connectivity index (χ1v) is 9.56. The number of amides is 3. The molecule has 0 aromatic heterocycles. The number of hydrogen-bond acceptors (Lipinski definition) is 4. The molecular formula is C18H23N3O3S. The van der Waals surface area contributed by atoms with Crippen LogP contribution < -0.4 is 5.32 Å². The van der Waals surface area contributed by atoms with Crippen LogP contribution in [0.1, 0.15) is 30.6 Å². The Kier molecular flexibility index (Phi) is 5.32. The highest BCUT2D eigenvalue weighted by Gasteiger charge is 2.26. The van der Waals surface area contributed by atoms with Gasteiger partial charge in [0, 0.05) is 43.1 Å². The Bertz CT molecular complexity index is 697. The van der Waals surface area contributed by atoms with E-state index in [9.17, 15) is 14.4 Å². The van der Waals surface area contributed by atoms with E-state index in [4.69, 9.17) is 0 Å². The number of benzene rings is 1. The molecule has 0 atom stereocenters. The molecule has 0 bridgehead atoms. The van der Waals surface area contributed by atoms with Crippen molar-refractivity contribution in [1.82, 2.24) is 9.80 Å². The van der Waals surface area contributed by atoms with Gasteiger partial charge in [-0.25, -0.2) is 0 Å². The first-order chi connectivity index (χ1) is 11.9. The lowest BCUT2D eigenvalue weighted by Gasteiger charge is -2.35. The maximum atomic E-state index is 12.7. The van der Waals surface area contributed by atoms with Crippen molar-refractivity contribution in [1.29, 1.82) is 0 Å². The van der Waals surface area contributed by atoms with Gasteiger partial charge in [0.2, 0.25) is 11.8 Å². The quantitative estimate of drug-likeness (QED) is 0.895. The molecule has 2 heterocycles. The van der Waals surface area contributed by atoms with Crippen molar-refractivity contribution >= 4 is 35.2 Å². The van der Waals surface area contributed by atoms with Gasteiger partial charge in [0.25, 0.3) is 5.91 Å². The highest BCUT2D eigenvalue weighted by Crippen LogP contribution is 2.32. The minimum absolute atomic E-state index is 0.0422. The number of anilines is 1. The second-order valence-electron chi connectivity index (χ2n) is 6.82. The molecule has 3 rings (SSSR count). The van der Waals surface area contributed by atoms with Crippen LogP contribution in [-0.2, 0) is 9.59 Å². The summed E-state index contributed by atoms with van der Waals surface area (Å²) < 4.78 is 0. The lowest BCUT2D eigenvalue weighted by Crippen LogP contribution is -2.50. The number of nitrogens with one attached hydrogen (secondary N) is 1. The van der Waals surface area contributed by atoms with Gasteiger partial charge >= 0.3 is 0 Å². The maximum absolute atomic E-state index is 12.7. The van der Waals surface area contributed by atoms with Gasteiger partial charge < -0.3 is 15.1 Å². The smallest absolute Gasteiger partial charge is 0.254 e. The fraction of sp³-hybridized carbons (Fsp3) is 0.500. The third-order valence-corrected chi connectivity index (χ3v) is 5.44. The Morgan fingerprint density at radius 3 is 2.52 bits per heavy atom. The number of thioether (sulfide) groups is 1. The van der Waals surface area contributed by atoms with Crippen molar-refractivity contribution < 1.29 is 14.4 Å². The normalized spacial score (nSPS) is 17.3. The van der Waals surface area contributed by atoms with E-state index in [0.717, 1.165) is 4.90 Å². The Morgan fingerprint density at radius 1 is 1.16 bits per heavy atom. The maximum Gasteiger partial charge on any atom is 0.254 e. The predicted octanol–water partition coefficient (Wildman–Crippen LogP) is 2.06. The lowest BCUT2D eigenvalue weighted by molar-refractivity contribution is -0.133. The SMILES string of the molecule is CC(C)CC(=O)N1CCN(C(=O)c2ccc3c(c2)NC(=O)CS3)CC1. The predicted molar refractivity (Wildman–Crippen MR) is 97.7 cm³/mol. The molecule has 0 radical (unpaired) electrons. The van der Waals surface area contributed by atoms with Gasteiger partial charge in [0.05, 0.1) is 11.4 Å². The van der Waals surface area contributed by atoms with Gasteiger partial charge in [-0.3, -0.25) is 14.4 Å². The number of piperazine rings is 1. The van der Waals surface area contributed by atoms with Crippen LogP contribution in [-0.4, -0.2) is 59.5 Å². The van der Waals surface area contributed by atoms with Crippen molar-refractivity contribution in [2.24, 2.45) is 5.92 Å². The number of carbonyl (C=O) groups excluding carboxylic acids is 3. The van der Waals surface area contributed by atoms with E-state index in [-0.39, 0.29) is 17.7 Å². The molecule has 0 spiro atoms. The number of hydrogen-bond donors (Lipinski definition) is 1. The molecule has 0 aliphatic carbocycles. The average Bonchev–Trinajstić information content (AvgIpc) is 2.60. The largest absolute Gasteiger partial charge is 0.339 e. The van der Waals surface area contributed by atoms with Gasteiger partial charge in [-0.2, -0.15) is 0 Å². The van der Waals surface area contributed by atoms with Crippen LogP contribution in [0.4, 0.5) is 5.69 Å². The molecule has 1 aromatic carbocycles. The zero-order valence-electron chi connectivity index (χ0n) is 14.6. The Hall–Kier alpha value is -2.02. The highest BCUT2D eigenvalue weighted by atomic mass is 32.2. The van der Waals surface area contributed by atoms with E-state index in [1.54, 1.807) is 11.0 Å². The summed E-state index contributed by atoms with van der Waals surface area (Å²) in [5.74, 6) is 0.821. The van der Waals surface area contributed by atoms with Crippen LogP contribution in [0.5, 0.6) is 0 Å². The lowest BCUT2D eigenvalue weighted by atomic mass is 10.1. The van der Waals surface area contributed by atoms with Crippen LogP contribution in [0.25, 0.3) is 0 Å². The van der Waals surface area contributed by atoms with Crippen molar-refractivity contribution in [3.63, 3.8) is 0 Å². The Balaban J connectivity index is 1.62. The molecule has 1 aromatic rings. The van der Waals surface area contributed by atoms with Crippen LogP contribution in [0, 0.1) is 5.92 Å². The topological polar surface area (TPSA) is 69.7 Å². The van der Waals surface area contributed by atoms with Crippen molar-refractivity contribution in [3.8, 4) is 0 Å². The summed E-state index contributed by atoms with van der Waals surface area (Å²) in [7, 11) is 0. The van der Waals surface area contributed by atoms with Crippen LogP contribution in [0.15, 0.2) is 23.1 Å². The third-order valence-electron chi connectivity index (χ3n) is 4.36. The van der Waals surface area contributed by atoms with Gasteiger partial charge in [-0.05, 0) is 24.1 Å². The Labute approximate surface area is 151 Å². The van der Waals surface area contributed by atoms with E-state index >= 15 is 0 Å². The number of carbonyl (C=O) groups is 3. The summed E-state index contributed by atoms with van der Waals surface area (Å²) in [5.41, 5.74) is 1.28. The highest BCUT2D eigenvalue weighted by molar-refractivity contribution is 8.00. The molecule has 7 heteroatoms. The number of fused-ring (bicyclic) bond motifs is 1. The summed E-state index contributed by atoms with van der Waals surface area (Å²) in [6.07, 6.45) is 0.552. The first kappa shape index (κ1) is 17.8. The van der Waals surface area contributed by atoms with Gasteiger partial charge in [0.15, 0.2) is 0 Å². The summed E-state index contributed by atoms with van der Waals surface area (Å²) in [4.78, 5) is 41.0. The van der Waals surface area contributed by atoms with E-state index in [1.807, 2.05) is 30.9 Å². The van der Waals surface area contributed by atoms with Crippen molar-refractivity contribution in [3.05, 3.63) is 23.8 Å². The van der Waals surface area contributed by atoms with E-state index in [1.165, 1.54) is 11.8 Å². The molecule has 0 unspecified atom stereocenters. The molecule has 1 saturated heterocycles. The van der Waals surface area contributed by atoms with Gasteiger partial charge in [-0.15, -0.1) is 11.8 Å². The van der Waals surface area contributed by atoms with Crippen LogP contribution >= 0.6 is 11.8 Å². The standard InChI is InChI=1S/C18H23N3O3S/c1-12(2)9-17(23)20-5-7-21(8-6-20)18(24)13-3-4-15-14(10-13)19-16(22)11-25-15/h3-4,10,12H,5-9,11H2,1-2H3,(H,19,22). The molecule has 6 nitrogen and oxygen atoms in total. The van der Waals surface area contributed by atoms with Gasteiger partial charge in [0.1, 0.15) is 0 Å². The zero-order valence-corrected chi connectivity index (χ0v) is 15.4. The zero-order chi connectivity index (χ0) is 18.0. The minimum atomic E-state index is -0.0522. The number of rotatable bonds is 3. The summed E-state index contributed by atoms with van der Waals surface area (Å²) in [6, 6.07) is 5.44. The van der Waals surface area contributed by atoms with E-state index in [0.29, 0.717) is 55.5 Å². The molecule has 2 aliphatic heterocycles. The Morgan fingerprint density at radius 2 is 1.84 bits per heavy atom. The van der Waals surface area contributed by atoms with E-state index in [2.05, 4.69) is 5.32 Å². The molecule has 2 aliphatic rings. The summed E-state index contributed by atoms with van der Waals surface area (Å²) in [5, 5.41) is 2.81. The molecule has 134 valence electrons. The first-order valence-electron chi connectivity index (χ1n) is 8.58. The average molecular weight is 361 g/mol. The van der Waals surface area contributed by atoms with Gasteiger partial charge in [-0.1, -0.05) is 13.8 Å². The second kappa shape index (κ2) is 7.47. The molecule has 1 fully saturated rings. The number of nitrogens with zero attached hydrogens (tertiary/aromatic N) is 2. The van der Waals surface area contributed by atoms with Crippen LogP contribution in [0.2, 0.25) is 0 Å². The summed E-state index contributed by atoms with van der Waals surface area (Å²) in [6.45, 7) is 6.31. The van der Waals surface area contributed by atoms with Crippen molar-refractivity contribution in [2.45, 2.75) is 25.2 Å². The fourth-order valence-electron chi connectivity index (χ4n) is 3.04. The fourth-order valence-corrected chi connectivity index (χ4v) is 3.82. The monoisotopic (exact) mass is 361 g/mol. The molecule has 0 saturated carbocycles.